The van der Waals surface area contributed by atoms with Crippen molar-refractivity contribution in [3.8, 4) is 5.75 Å². The first-order chi connectivity index (χ1) is 10.1. The van der Waals surface area contributed by atoms with Crippen molar-refractivity contribution in [2.45, 2.75) is 26.8 Å². The van der Waals surface area contributed by atoms with E-state index >= 15 is 0 Å². The van der Waals surface area contributed by atoms with Gasteiger partial charge in [0.15, 0.2) is 0 Å². The molecule has 2 rings (SSSR count). The molecule has 1 heterocycles. The number of methoxy groups -OCH3 is 1. The minimum atomic E-state index is 0.0441. The zero-order chi connectivity index (χ0) is 15.2. The average molecular weight is 286 g/mol. The number of ether oxygens (including phenoxy) is 1. The Labute approximate surface area is 125 Å². The Hall–Kier alpha value is -2.23. The van der Waals surface area contributed by atoms with Crippen molar-refractivity contribution in [3.05, 3.63) is 53.3 Å². The standard InChI is InChI=1S/C17H22N2O2/c1-13-4-5-14(2)19(13)11-10-18-17(20)12-15-6-8-16(21-3)9-7-15/h4-9H,10-12H2,1-3H3,(H,18,20). The van der Waals surface area contributed by atoms with Crippen LogP contribution in [0.2, 0.25) is 0 Å². The highest BCUT2D eigenvalue weighted by molar-refractivity contribution is 5.78. The lowest BCUT2D eigenvalue weighted by atomic mass is 10.1. The summed E-state index contributed by atoms with van der Waals surface area (Å²) in [5.41, 5.74) is 3.43. The van der Waals surface area contributed by atoms with Gasteiger partial charge in [-0.15, -0.1) is 0 Å². The van der Waals surface area contributed by atoms with E-state index in [1.54, 1.807) is 7.11 Å². The number of nitrogens with zero attached hydrogens (tertiary/aromatic N) is 1. The number of carbonyl (C=O) groups is 1. The Bertz CT molecular complexity index is 580. The number of benzene rings is 1. The smallest absolute Gasteiger partial charge is 0.224 e. The third kappa shape index (κ3) is 4.12. The highest BCUT2D eigenvalue weighted by Crippen LogP contribution is 2.11. The predicted molar refractivity (Wildman–Crippen MR) is 83.6 cm³/mol. The second-order valence-electron chi connectivity index (χ2n) is 5.14. The van der Waals surface area contributed by atoms with Gasteiger partial charge in [0, 0.05) is 24.5 Å². The SMILES string of the molecule is COc1ccc(CC(=O)NCCn2c(C)ccc2C)cc1. The van der Waals surface area contributed by atoms with Crippen molar-refractivity contribution in [3.63, 3.8) is 0 Å². The molecule has 4 nitrogen and oxygen atoms in total. The summed E-state index contributed by atoms with van der Waals surface area (Å²) < 4.78 is 7.30. The second-order valence-corrected chi connectivity index (χ2v) is 5.14. The largest absolute Gasteiger partial charge is 0.497 e. The molecule has 0 saturated carbocycles. The van der Waals surface area contributed by atoms with Gasteiger partial charge in [-0.1, -0.05) is 12.1 Å². The van der Waals surface area contributed by atoms with E-state index in [2.05, 4.69) is 35.9 Å². The van der Waals surface area contributed by atoms with Crippen LogP contribution in [-0.2, 0) is 17.8 Å². The Balaban J connectivity index is 1.79. The van der Waals surface area contributed by atoms with E-state index in [1.165, 1.54) is 11.4 Å². The van der Waals surface area contributed by atoms with Gasteiger partial charge < -0.3 is 14.6 Å². The minimum Gasteiger partial charge on any atom is -0.497 e. The van der Waals surface area contributed by atoms with Crippen LogP contribution in [0.1, 0.15) is 17.0 Å². The van der Waals surface area contributed by atoms with Crippen LogP contribution in [0.4, 0.5) is 0 Å². The fraction of sp³-hybridized carbons (Fsp3) is 0.353. The molecule has 0 aliphatic heterocycles. The predicted octanol–water partition coefficient (Wildman–Crippen LogP) is 2.47. The van der Waals surface area contributed by atoms with Gasteiger partial charge in [-0.25, -0.2) is 0 Å². The molecule has 1 aromatic carbocycles. The molecule has 0 radical (unpaired) electrons. The molecule has 0 aliphatic carbocycles. The quantitative estimate of drug-likeness (QED) is 0.886. The summed E-state index contributed by atoms with van der Waals surface area (Å²) in [6.07, 6.45) is 0.396. The molecule has 4 heteroatoms. The summed E-state index contributed by atoms with van der Waals surface area (Å²) in [7, 11) is 1.63. The molecule has 21 heavy (non-hydrogen) atoms. The lowest BCUT2D eigenvalue weighted by Crippen LogP contribution is -2.29. The molecule has 0 aliphatic rings. The molecular formula is C17H22N2O2. The number of carbonyl (C=O) groups excluding carboxylic acids is 1. The molecule has 112 valence electrons. The Morgan fingerprint density at radius 3 is 2.29 bits per heavy atom. The number of hydrogen-bond acceptors (Lipinski definition) is 2. The topological polar surface area (TPSA) is 43.3 Å². The van der Waals surface area contributed by atoms with Gasteiger partial charge in [0.1, 0.15) is 5.75 Å². The summed E-state index contributed by atoms with van der Waals surface area (Å²) in [6, 6.07) is 11.8. The normalized spacial score (nSPS) is 10.4. The van der Waals surface area contributed by atoms with Crippen LogP contribution in [-0.4, -0.2) is 24.1 Å². The van der Waals surface area contributed by atoms with E-state index in [9.17, 15) is 4.79 Å². The van der Waals surface area contributed by atoms with Crippen LogP contribution in [0.25, 0.3) is 0 Å². The maximum absolute atomic E-state index is 11.9. The van der Waals surface area contributed by atoms with E-state index in [4.69, 9.17) is 4.74 Å². The van der Waals surface area contributed by atoms with Crippen molar-refractivity contribution < 1.29 is 9.53 Å². The first kappa shape index (κ1) is 15.2. The second kappa shape index (κ2) is 6.97. The maximum atomic E-state index is 11.9. The molecule has 0 saturated heterocycles. The minimum absolute atomic E-state index is 0.0441. The van der Waals surface area contributed by atoms with Crippen molar-refractivity contribution in [2.24, 2.45) is 0 Å². The van der Waals surface area contributed by atoms with Gasteiger partial charge in [-0.3, -0.25) is 4.79 Å². The van der Waals surface area contributed by atoms with E-state index in [1.807, 2.05) is 24.3 Å². The van der Waals surface area contributed by atoms with E-state index in [-0.39, 0.29) is 5.91 Å². The van der Waals surface area contributed by atoms with Crippen molar-refractivity contribution >= 4 is 5.91 Å². The fourth-order valence-corrected chi connectivity index (χ4v) is 2.35. The maximum Gasteiger partial charge on any atom is 0.224 e. The molecule has 0 unspecified atom stereocenters. The molecular weight excluding hydrogens is 264 g/mol. The van der Waals surface area contributed by atoms with Gasteiger partial charge in [-0.05, 0) is 43.7 Å². The van der Waals surface area contributed by atoms with E-state index < -0.39 is 0 Å². The van der Waals surface area contributed by atoms with E-state index in [0.717, 1.165) is 17.9 Å². The van der Waals surface area contributed by atoms with Crippen LogP contribution in [0.15, 0.2) is 36.4 Å². The number of nitrogens with one attached hydrogen (secondary N) is 1. The van der Waals surface area contributed by atoms with Crippen LogP contribution in [0.3, 0.4) is 0 Å². The van der Waals surface area contributed by atoms with Gasteiger partial charge >= 0.3 is 0 Å². The first-order valence-corrected chi connectivity index (χ1v) is 7.12. The summed E-state index contributed by atoms with van der Waals surface area (Å²) in [4.78, 5) is 11.9. The number of aromatic nitrogens is 1. The molecule has 2 aromatic rings. The number of aryl methyl sites for hydroxylation is 2. The molecule has 1 amide bonds. The third-order valence-corrected chi connectivity index (χ3v) is 3.60. The molecule has 0 spiro atoms. The highest BCUT2D eigenvalue weighted by atomic mass is 16.5. The van der Waals surface area contributed by atoms with E-state index in [0.29, 0.717) is 13.0 Å². The first-order valence-electron chi connectivity index (χ1n) is 7.12. The van der Waals surface area contributed by atoms with Crippen LogP contribution < -0.4 is 10.1 Å². The Kier molecular flexibility index (Phi) is 5.04. The summed E-state index contributed by atoms with van der Waals surface area (Å²) in [6.45, 7) is 5.60. The number of amides is 1. The Morgan fingerprint density at radius 2 is 1.71 bits per heavy atom. The van der Waals surface area contributed by atoms with Crippen molar-refractivity contribution in [1.82, 2.24) is 9.88 Å². The summed E-state index contributed by atoms with van der Waals surface area (Å²) >= 11 is 0. The molecule has 0 bridgehead atoms. The summed E-state index contributed by atoms with van der Waals surface area (Å²) in [5, 5.41) is 2.96. The van der Waals surface area contributed by atoms with Gasteiger partial charge in [0.2, 0.25) is 5.91 Å². The Morgan fingerprint density at radius 1 is 1.10 bits per heavy atom. The van der Waals surface area contributed by atoms with Crippen molar-refractivity contribution in [2.75, 3.05) is 13.7 Å². The summed E-state index contributed by atoms with van der Waals surface area (Å²) in [5.74, 6) is 0.848. The van der Waals surface area contributed by atoms with Crippen LogP contribution in [0, 0.1) is 13.8 Å². The van der Waals surface area contributed by atoms with Crippen molar-refractivity contribution in [1.29, 1.82) is 0 Å². The fourth-order valence-electron chi connectivity index (χ4n) is 2.35. The zero-order valence-corrected chi connectivity index (χ0v) is 12.8. The lowest BCUT2D eigenvalue weighted by molar-refractivity contribution is -0.120. The van der Waals surface area contributed by atoms with Crippen LogP contribution >= 0.6 is 0 Å². The molecule has 0 fully saturated rings. The third-order valence-electron chi connectivity index (χ3n) is 3.60. The number of hydrogen-bond donors (Lipinski definition) is 1. The lowest BCUT2D eigenvalue weighted by Gasteiger charge is -2.10. The monoisotopic (exact) mass is 286 g/mol. The molecule has 1 N–H and O–H groups in total. The highest BCUT2D eigenvalue weighted by Gasteiger charge is 2.05. The van der Waals surface area contributed by atoms with Gasteiger partial charge in [0.25, 0.3) is 0 Å². The molecule has 0 atom stereocenters. The van der Waals surface area contributed by atoms with Gasteiger partial charge in [-0.2, -0.15) is 0 Å². The molecule has 1 aromatic heterocycles. The zero-order valence-electron chi connectivity index (χ0n) is 12.8. The van der Waals surface area contributed by atoms with Gasteiger partial charge in [0.05, 0.1) is 13.5 Å². The van der Waals surface area contributed by atoms with Crippen LogP contribution in [0.5, 0.6) is 5.75 Å². The number of rotatable bonds is 6. The average Bonchev–Trinajstić information content (AvgIpc) is 2.80.